The topological polar surface area (TPSA) is 14.8 Å². The van der Waals surface area contributed by atoms with Gasteiger partial charge in [0.15, 0.2) is 0 Å². The molecule has 23 rings (SSSR count). The summed E-state index contributed by atoms with van der Waals surface area (Å²) in [6.45, 7) is 0. The van der Waals surface area contributed by atoms with E-state index >= 15 is 0 Å². The maximum absolute atomic E-state index is 2.59. The van der Waals surface area contributed by atoms with Gasteiger partial charge in [0, 0.05) is 43.6 Å². The Morgan fingerprint density at radius 2 is 0.505 bits per heavy atom. The van der Waals surface area contributed by atoms with Crippen LogP contribution in [0.5, 0.6) is 0 Å². The summed E-state index contributed by atoms with van der Waals surface area (Å²) in [6.07, 6.45) is 0. The average Bonchev–Trinajstić information content (AvgIpc) is 1.52. The standard InChI is InChI=1S/C94H55N3/c1-2-25-56(26-3-1)95-82-50-13-6-27-59(82)66-38-20-41-71(90(66)95)87-64-34-18-32-57(62-36-21-46-78-88(62)69-30-4-9-42-74(69)93(78)76-44-11-16-53-85(76)96-83-51-14-7-28-60(83)67-39-23-48-80(93)91(67)96)72(64)55-73-58(33-19-35-65(73)87)63-37-22-47-79-89(63)70-31-5-10-43-75(70)94(79)77-45-12-17-54-86(77)97-84-52-15-8-29-61(84)68-40-24-49-81(94)92(68)97/h1-55H/t93-,94?/m1/s1. The summed E-state index contributed by atoms with van der Waals surface area (Å²) >= 11 is 0. The highest BCUT2D eigenvalue weighted by Crippen LogP contribution is 2.65. The van der Waals surface area contributed by atoms with Gasteiger partial charge in [-0.1, -0.05) is 285 Å². The third-order valence-corrected chi connectivity index (χ3v) is 23.0. The van der Waals surface area contributed by atoms with Crippen molar-refractivity contribution in [3.05, 3.63) is 378 Å². The Morgan fingerprint density at radius 1 is 0.175 bits per heavy atom. The molecule has 0 N–H and O–H groups in total. The first-order valence-corrected chi connectivity index (χ1v) is 34.0. The van der Waals surface area contributed by atoms with Crippen LogP contribution in [0.15, 0.2) is 334 Å². The lowest BCUT2D eigenvalue weighted by Crippen LogP contribution is -2.33. The van der Waals surface area contributed by atoms with Crippen molar-refractivity contribution >= 4 is 87.0 Å². The Balaban J connectivity index is 0.845. The van der Waals surface area contributed by atoms with Crippen molar-refractivity contribution in [1.29, 1.82) is 0 Å². The number of fused-ring (bicyclic) bond motifs is 29. The first kappa shape index (κ1) is 51.9. The van der Waals surface area contributed by atoms with E-state index in [9.17, 15) is 0 Å². The summed E-state index contributed by atoms with van der Waals surface area (Å²) in [6, 6.07) is 128. The van der Waals surface area contributed by atoms with Crippen LogP contribution in [0.2, 0.25) is 0 Å². The molecule has 19 aromatic rings. The third kappa shape index (κ3) is 6.21. The van der Waals surface area contributed by atoms with Crippen LogP contribution < -0.4 is 0 Å². The van der Waals surface area contributed by atoms with Gasteiger partial charge in [0.25, 0.3) is 0 Å². The lowest BCUT2D eigenvalue weighted by molar-refractivity contribution is 0.748. The van der Waals surface area contributed by atoms with Gasteiger partial charge in [-0.05, 0) is 165 Å². The molecule has 0 radical (unpaired) electrons. The highest BCUT2D eigenvalue weighted by Gasteiger charge is 2.53. The average molecular weight is 1230 g/mol. The maximum atomic E-state index is 2.59. The number of rotatable bonds is 4. The van der Waals surface area contributed by atoms with Crippen molar-refractivity contribution in [2.45, 2.75) is 10.8 Å². The molecule has 2 aliphatic carbocycles. The van der Waals surface area contributed by atoms with Gasteiger partial charge in [0.1, 0.15) is 0 Å². The number of benzene rings is 16. The van der Waals surface area contributed by atoms with Crippen LogP contribution in [0.1, 0.15) is 44.5 Å². The smallest absolute Gasteiger partial charge is 0.0754 e. The molecule has 5 heterocycles. The molecule has 2 spiro atoms. The number of aromatic nitrogens is 3. The van der Waals surface area contributed by atoms with E-state index in [1.807, 2.05) is 0 Å². The van der Waals surface area contributed by atoms with E-state index in [0.717, 1.165) is 5.69 Å². The second-order valence-corrected chi connectivity index (χ2v) is 27.1. The van der Waals surface area contributed by atoms with Gasteiger partial charge in [0.05, 0.1) is 55.3 Å². The monoisotopic (exact) mass is 1230 g/mol. The van der Waals surface area contributed by atoms with E-state index in [1.54, 1.807) is 0 Å². The number of para-hydroxylation sites is 9. The van der Waals surface area contributed by atoms with Gasteiger partial charge in [0.2, 0.25) is 0 Å². The molecule has 16 aromatic carbocycles. The van der Waals surface area contributed by atoms with Crippen LogP contribution in [0.25, 0.3) is 160 Å². The molecular formula is C94H55N3. The van der Waals surface area contributed by atoms with Crippen LogP contribution in [0.3, 0.4) is 0 Å². The van der Waals surface area contributed by atoms with Crippen molar-refractivity contribution in [3.8, 4) is 72.7 Å². The summed E-state index contributed by atoms with van der Waals surface area (Å²) in [4.78, 5) is 0. The quantitative estimate of drug-likeness (QED) is 0.156. The molecule has 3 nitrogen and oxygen atoms in total. The minimum Gasteiger partial charge on any atom is -0.309 e. The zero-order valence-electron chi connectivity index (χ0n) is 52.6. The first-order valence-electron chi connectivity index (χ1n) is 34.0. The molecule has 4 aliphatic rings. The predicted octanol–water partition coefficient (Wildman–Crippen LogP) is 23.6. The van der Waals surface area contributed by atoms with Gasteiger partial charge in [-0.2, -0.15) is 0 Å². The van der Waals surface area contributed by atoms with E-state index in [1.165, 1.54) is 198 Å². The van der Waals surface area contributed by atoms with Gasteiger partial charge in [-0.15, -0.1) is 0 Å². The maximum Gasteiger partial charge on any atom is 0.0754 e. The molecule has 0 fully saturated rings. The lowest BCUT2D eigenvalue weighted by atomic mass is 9.65. The normalized spacial score (nSPS) is 15.9. The molecule has 0 saturated heterocycles. The molecule has 2 aliphatic heterocycles. The predicted molar refractivity (Wildman–Crippen MR) is 403 cm³/mol. The van der Waals surface area contributed by atoms with Crippen molar-refractivity contribution in [2.24, 2.45) is 0 Å². The van der Waals surface area contributed by atoms with Crippen molar-refractivity contribution in [1.82, 2.24) is 13.7 Å². The fourth-order valence-electron chi connectivity index (χ4n) is 19.7. The Hall–Kier alpha value is -12.6. The third-order valence-electron chi connectivity index (χ3n) is 23.0. The molecule has 0 saturated carbocycles. The van der Waals surface area contributed by atoms with E-state index in [2.05, 4.69) is 347 Å². The highest BCUT2D eigenvalue weighted by molar-refractivity contribution is 6.25. The van der Waals surface area contributed by atoms with E-state index in [-0.39, 0.29) is 0 Å². The first-order chi connectivity index (χ1) is 48.2. The highest BCUT2D eigenvalue weighted by atomic mass is 15.0. The van der Waals surface area contributed by atoms with Crippen molar-refractivity contribution in [3.63, 3.8) is 0 Å². The molecule has 446 valence electrons. The molecular weight excluding hydrogens is 1170 g/mol. The summed E-state index contributed by atoms with van der Waals surface area (Å²) < 4.78 is 7.61. The minimum atomic E-state index is -0.610. The SMILES string of the molecule is c1ccc(-n2c3ccccc3c3cccc(-c4c5cccc(-c6cccc7c6-c6ccccc6C76c7ccccc7-n7c8ccccc8c8cccc6c87)c5cc5c(-c6cccc7c6-c6ccccc6[C@@]76c7ccccc7-n7c8ccccc8c8cccc6c87)cccc45)c32)cc1. The Kier molecular flexibility index (Phi) is 9.97. The molecule has 3 heteroatoms. The summed E-state index contributed by atoms with van der Waals surface area (Å²) in [5.74, 6) is 0. The van der Waals surface area contributed by atoms with Crippen molar-refractivity contribution < 1.29 is 0 Å². The van der Waals surface area contributed by atoms with Crippen LogP contribution in [0, 0.1) is 0 Å². The summed E-state index contributed by atoms with van der Waals surface area (Å²) in [5.41, 5.74) is 32.6. The number of nitrogens with zero attached hydrogens (tertiary/aromatic N) is 3. The second kappa shape index (κ2) is 18.6. The van der Waals surface area contributed by atoms with Crippen LogP contribution >= 0.6 is 0 Å². The lowest BCUT2D eigenvalue weighted by Gasteiger charge is -2.39. The van der Waals surface area contributed by atoms with Gasteiger partial charge >= 0.3 is 0 Å². The molecule has 3 aromatic heterocycles. The Morgan fingerprint density at radius 3 is 1.01 bits per heavy atom. The fourth-order valence-corrected chi connectivity index (χ4v) is 19.7. The van der Waals surface area contributed by atoms with E-state index in [0.29, 0.717) is 0 Å². The summed E-state index contributed by atoms with van der Waals surface area (Å²) in [7, 11) is 0. The van der Waals surface area contributed by atoms with Gasteiger partial charge in [-0.25, -0.2) is 0 Å². The van der Waals surface area contributed by atoms with Gasteiger partial charge in [-0.3, -0.25) is 0 Å². The summed E-state index contributed by atoms with van der Waals surface area (Å²) in [5, 5.41) is 12.4. The molecule has 97 heavy (non-hydrogen) atoms. The largest absolute Gasteiger partial charge is 0.309 e. The molecule has 0 bridgehead atoms. The van der Waals surface area contributed by atoms with E-state index < -0.39 is 10.8 Å². The molecule has 2 atom stereocenters. The second-order valence-electron chi connectivity index (χ2n) is 27.1. The Bertz CT molecular complexity index is 6440. The van der Waals surface area contributed by atoms with Crippen molar-refractivity contribution in [2.75, 3.05) is 0 Å². The van der Waals surface area contributed by atoms with Crippen LogP contribution in [-0.2, 0) is 10.8 Å². The fraction of sp³-hybridized carbons (Fsp3) is 0.0213. The molecule has 0 amide bonds. The minimum absolute atomic E-state index is 0.610. The zero-order chi connectivity index (χ0) is 63.0. The Labute approximate surface area is 558 Å². The van der Waals surface area contributed by atoms with Crippen LogP contribution in [-0.4, -0.2) is 13.7 Å². The number of hydrogen-bond acceptors (Lipinski definition) is 0. The van der Waals surface area contributed by atoms with Crippen LogP contribution in [0.4, 0.5) is 0 Å². The number of hydrogen-bond donors (Lipinski definition) is 0. The van der Waals surface area contributed by atoms with Gasteiger partial charge < -0.3 is 13.7 Å². The molecule has 1 unspecified atom stereocenters. The zero-order valence-corrected chi connectivity index (χ0v) is 52.6. The van der Waals surface area contributed by atoms with E-state index in [4.69, 9.17) is 0 Å².